The van der Waals surface area contributed by atoms with Crippen molar-refractivity contribution in [1.29, 1.82) is 0 Å². The Morgan fingerprint density at radius 1 is 1.26 bits per heavy atom. The lowest BCUT2D eigenvalue weighted by molar-refractivity contribution is -0.127. The molecule has 5 heteroatoms. The van der Waals surface area contributed by atoms with E-state index in [0.717, 1.165) is 5.56 Å². The zero-order valence-corrected chi connectivity index (χ0v) is 11.3. The fourth-order valence-electron chi connectivity index (χ4n) is 1.49. The number of amides is 2. The molecule has 0 aromatic heterocycles. The van der Waals surface area contributed by atoms with Crippen molar-refractivity contribution in [3.05, 3.63) is 35.9 Å². The third-order valence-electron chi connectivity index (χ3n) is 3.01. The van der Waals surface area contributed by atoms with Gasteiger partial charge in [0.15, 0.2) is 0 Å². The summed E-state index contributed by atoms with van der Waals surface area (Å²) in [5.74, 6) is -0.734. The number of benzene rings is 1. The molecule has 0 aliphatic carbocycles. The maximum atomic E-state index is 11.8. The first-order chi connectivity index (χ1) is 8.83. The molecule has 5 nitrogen and oxygen atoms in total. The summed E-state index contributed by atoms with van der Waals surface area (Å²) in [7, 11) is 0. The van der Waals surface area contributed by atoms with Gasteiger partial charge in [0.1, 0.15) is 0 Å². The molecular formula is C14H21N3O2. The summed E-state index contributed by atoms with van der Waals surface area (Å²) < 4.78 is 0. The molecule has 2 amide bonds. The highest BCUT2D eigenvalue weighted by Crippen LogP contribution is 2.12. The number of carbonyl (C=O) groups is 2. The van der Waals surface area contributed by atoms with Gasteiger partial charge in [-0.25, -0.2) is 0 Å². The first-order valence-electron chi connectivity index (χ1n) is 6.20. The van der Waals surface area contributed by atoms with E-state index in [1.807, 2.05) is 30.3 Å². The van der Waals surface area contributed by atoms with E-state index in [4.69, 9.17) is 11.5 Å². The molecule has 0 fully saturated rings. The molecule has 0 aliphatic rings. The van der Waals surface area contributed by atoms with Gasteiger partial charge < -0.3 is 16.8 Å². The third-order valence-corrected chi connectivity index (χ3v) is 3.01. The largest absolute Gasteiger partial charge is 0.369 e. The van der Waals surface area contributed by atoms with Crippen molar-refractivity contribution < 1.29 is 9.59 Å². The Morgan fingerprint density at radius 2 is 1.84 bits per heavy atom. The highest BCUT2D eigenvalue weighted by molar-refractivity contribution is 5.84. The lowest BCUT2D eigenvalue weighted by atomic mass is 9.92. The second kappa shape index (κ2) is 6.33. The normalized spacial score (nSPS) is 12.8. The van der Waals surface area contributed by atoms with Crippen LogP contribution in [0.2, 0.25) is 0 Å². The number of hydrogen-bond acceptors (Lipinski definition) is 3. The number of rotatable bonds is 6. The van der Waals surface area contributed by atoms with Crippen LogP contribution in [0.15, 0.2) is 30.3 Å². The van der Waals surface area contributed by atoms with E-state index in [0.29, 0.717) is 6.42 Å². The van der Waals surface area contributed by atoms with Crippen LogP contribution in [0.5, 0.6) is 0 Å². The maximum absolute atomic E-state index is 11.8. The number of primary amides is 1. The predicted octanol–water partition coefficient (Wildman–Crippen LogP) is 0.184. The van der Waals surface area contributed by atoms with Crippen molar-refractivity contribution in [2.45, 2.75) is 26.3 Å². The van der Waals surface area contributed by atoms with Crippen LogP contribution in [-0.2, 0) is 16.0 Å². The van der Waals surface area contributed by atoms with Gasteiger partial charge in [0.2, 0.25) is 11.8 Å². The van der Waals surface area contributed by atoms with Crippen molar-refractivity contribution in [2.24, 2.45) is 16.9 Å². The van der Waals surface area contributed by atoms with Crippen LogP contribution in [0.4, 0.5) is 0 Å². The van der Waals surface area contributed by atoms with Gasteiger partial charge in [-0.1, -0.05) is 30.3 Å². The molecule has 0 unspecified atom stereocenters. The van der Waals surface area contributed by atoms with Crippen LogP contribution >= 0.6 is 0 Å². The number of nitrogens with two attached hydrogens (primary N) is 2. The summed E-state index contributed by atoms with van der Waals surface area (Å²) in [5, 5.41) is 2.66. The zero-order chi connectivity index (χ0) is 14.5. The molecule has 0 radical (unpaired) electrons. The summed E-state index contributed by atoms with van der Waals surface area (Å²) in [6.07, 6.45) is 0.462. The number of carbonyl (C=O) groups excluding carboxylic acids is 2. The van der Waals surface area contributed by atoms with Crippen LogP contribution in [0.25, 0.3) is 0 Å². The average molecular weight is 263 g/mol. The minimum Gasteiger partial charge on any atom is -0.369 e. The molecule has 0 saturated heterocycles. The van der Waals surface area contributed by atoms with Gasteiger partial charge in [-0.2, -0.15) is 0 Å². The van der Waals surface area contributed by atoms with Gasteiger partial charge in [0.25, 0.3) is 0 Å². The van der Waals surface area contributed by atoms with Crippen LogP contribution in [0.1, 0.15) is 19.4 Å². The smallest absolute Gasteiger partial charge is 0.237 e. The van der Waals surface area contributed by atoms with Crippen LogP contribution in [-0.4, -0.2) is 24.4 Å². The van der Waals surface area contributed by atoms with E-state index in [-0.39, 0.29) is 12.5 Å². The highest BCUT2D eigenvalue weighted by atomic mass is 16.2. The van der Waals surface area contributed by atoms with Crippen LogP contribution in [0.3, 0.4) is 0 Å². The van der Waals surface area contributed by atoms with Crippen molar-refractivity contribution in [2.75, 3.05) is 6.54 Å². The van der Waals surface area contributed by atoms with E-state index in [1.165, 1.54) is 0 Å². The second-order valence-electron chi connectivity index (χ2n) is 5.26. The highest BCUT2D eigenvalue weighted by Gasteiger charge is 2.26. The molecule has 19 heavy (non-hydrogen) atoms. The summed E-state index contributed by atoms with van der Waals surface area (Å²) in [5.41, 5.74) is 11.3. The van der Waals surface area contributed by atoms with Gasteiger partial charge in [-0.15, -0.1) is 0 Å². The van der Waals surface area contributed by atoms with E-state index >= 15 is 0 Å². The Morgan fingerprint density at radius 3 is 2.37 bits per heavy atom. The quantitative estimate of drug-likeness (QED) is 0.683. The van der Waals surface area contributed by atoms with Crippen molar-refractivity contribution >= 4 is 11.8 Å². The van der Waals surface area contributed by atoms with Gasteiger partial charge in [0.05, 0.1) is 11.5 Å². The molecule has 5 N–H and O–H groups in total. The Labute approximate surface area is 113 Å². The standard InChI is InChI=1S/C14H21N3O2/c1-14(2,13(16)19)9-17-12(18)11(15)8-10-6-4-3-5-7-10/h3-7,11H,8-9,15H2,1-2H3,(H2,16,19)(H,17,18)/t11-/m1/s1. The van der Waals surface area contributed by atoms with Gasteiger partial charge in [-0.05, 0) is 25.8 Å². The molecule has 0 spiro atoms. The van der Waals surface area contributed by atoms with Crippen molar-refractivity contribution in [3.63, 3.8) is 0 Å². The Kier molecular flexibility index (Phi) is 5.06. The third kappa shape index (κ3) is 4.71. The Hall–Kier alpha value is -1.88. The van der Waals surface area contributed by atoms with Gasteiger partial charge in [-0.3, -0.25) is 9.59 Å². The van der Waals surface area contributed by atoms with Gasteiger partial charge >= 0.3 is 0 Å². The van der Waals surface area contributed by atoms with E-state index in [2.05, 4.69) is 5.32 Å². The lowest BCUT2D eigenvalue weighted by Crippen LogP contribution is -2.48. The molecule has 1 rings (SSSR count). The lowest BCUT2D eigenvalue weighted by Gasteiger charge is -2.22. The molecule has 1 aromatic rings. The summed E-state index contributed by atoms with van der Waals surface area (Å²) in [6.45, 7) is 3.54. The maximum Gasteiger partial charge on any atom is 0.237 e. The van der Waals surface area contributed by atoms with Crippen LogP contribution < -0.4 is 16.8 Å². The van der Waals surface area contributed by atoms with Gasteiger partial charge in [0, 0.05) is 6.54 Å². The molecule has 1 aromatic carbocycles. The minimum atomic E-state index is -0.776. The van der Waals surface area contributed by atoms with E-state index in [9.17, 15) is 9.59 Å². The first-order valence-corrected chi connectivity index (χ1v) is 6.20. The topological polar surface area (TPSA) is 98.2 Å². The zero-order valence-electron chi connectivity index (χ0n) is 11.3. The minimum absolute atomic E-state index is 0.184. The summed E-state index contributed by atoms with van der Waals surface area (Å²) in [6, 6.07) is 8.91. The molecule has 1 atom stereocenters. The Balaban J connectivity index is 2.48. The monoisotopic (exact) mass is 263 g/mol. The van der Waals surface area contributed by atoms with E-state index < -0.39 is 17.4 Å². The number of hydrogen-bond donors (Lipinski definition) is 3. The predicted molar refractivity (Wildman–Crippen MR) is 74.1 cm³/mol. The average Bonchev–Trinajstić information content (AvgIpc) is 2.37. The SMILES string of the molecule is CC(C)(CNC(=O)[C@H](N)Cc1ccccc1)C(N)=O. The molecular weight excluding hydrogens is 242 g/mol. The van der Waals surface area contributed by atoms with E-state index in [1.54, 1.807) is 13.8 Å². The van der Waals surface area contributed by atoms with Crippen LogP contribution in [0, 0.1) is 5.41 Å². The first kappa shape index (κ1) is 15.2. The van der Waals surface area contributed by atoms with Crippen molar-refractivity contribution in [3.8, 4) is 0 Å². The Bertz CT molecular complexity index is 443. The molecule has 0 heterocycles. The molecule has 0 aliphatic heterocycles. The molecule has 104 valence electrons. The summed E-state index contributed by atoms with van der Waals surface area (Å²) >= 11 is 0. The second-order valence-corrected chi connectivity index (χ2v) is 5.26. The van der Waals surface area contributed by atoms with Crippen molar-refractivity contribution in [1.82, 2.24) is 5.32 Å². The number of nitrogens with one attached hydrogen (secondary N) is 1. The molecule has 0 bridgehead atoms. The fourth-order valence-corrected chi connectivity index (χ4v) is 1.49. The fraction of sp³-hybridized carbons (Fsp3) is 0.429. The summed E-state index contributed by atoms with van der Waals surface area (Å²) in [4.78, 5) is 23.0. The molecule has 0 saturated carbocycles.